The lowest BCUT2D eigenvalue weighted by Crippen LogP contribution is -2.32. The van der Waals surface area contributed by atoms with Gasteiger partial charge >= 0.3 is 6.03 Å². The van der Waals surface area contributed by atoms with Crippen LogP contribution in [-0.4, -0.2) is 44.4 Å². The number of aryl methyl sites for hydroxylation is 1. The number of benzene rings is 2. The summed E-state index contributed by atoms with van der Waals surface area (Å²) in [5.74, 6) is -0.181. The van der Waals surface area contributed by atoms with Crippen molar-refractivity contribution in [3.05, 3.63) is 54.1 Å². The van der Waals surface area contributed by atoms with Crippen molar-refractivity contribution in [3.63, 3.8) is 0 Å². The van der Waals surface area contributed by atoms with Crippen molar-refractivity contribution in [1.82, 2.24) is 9.62 Å². The second kappa shape index (κ2) is 9.70. The minimum Gasteiger partial charge on any atom is -0.325 e. The van der Waals surface area contributed by atoms with Crippen LogP contribution in [0.2, 0.25) is 0 Å². The average Bonchev–Trinajstić information content (AvgIpc) is 3.40. The molecule has 32 heavy (non-hydrogen) atoms. The van der Waals surface area contributed by atoms with Gasteiger partial charge in [0.1, 0.15) is 0 Å². The predicted molar refractivity (Wildman–Crippen MR) is 123 cm³/mol. The smallest absolute Gasteiger partial charge is 0.321 e. The highest BCUT2D eigenvalue weighted by molar-refractivity contribution is 7.89. The molecular formula is C23H28N4O4S. The van der Waals surface area contributed by atoms with E-state index in [2.05, 4.69) is 15.4 Å². The van der Waals surface area contributed by atoms with Crippen LogP contribution in [0, 0.1) is 0 Å². The monoisotopic (exact) mass is 456 g/mol. The zero-order valence-electron chi connectivity index (χ0n) is 17.8. The molecule has 1 heterocycles. The Bertz CT molecular complexity index is 1080. The van der Waals surface area contributed by atoms with Crippen LogP contribution >= 0.6 is 0 Å². The number of carbonyl (C=O) groups excluding carboxylic acids is 2. The van der Waals surface area contributed by atoms with Crippen LogP contribution in [0.25, 0.3) is 0 Å². The highest BCUT2D eigenvalue weighted by atomic mass is 32.2. The van der Waals surface area contributed by atoms with E-state index in [1.54, 1.807) is 47.4 Å². The second-order valence-electron chi connectivity index (χ2n) is 8.26. The summed E-state index contributed by atoms with van der Waals surface area (Å²) in [7, 11) is -3.47. The number of hydrogen-bond acceptors (Lipinski definition) is 4. The van der Waals surface area contributed by atoms with Gasteiger partial charge in [-0.2, -0.15) is 0 Å². The lowest BCUT2D eigenvalue weighted by molar-refractivity contribution is -0.116. The molecule has 170 valence electrons. The summed E-state index contributed by atoms with van der Waals surface area (Å²) in [5, 5.41) is 5.74. The molecule has 3 N–H and O–H groups in total. The Kier molecular flexibility index (Phi) is 6.76. The van der Waals surface area contributed by atoms with E-state index in [1.807, 2.05) is 6.07 Å². The number of nitrogens with one attached hydrogen (secondary N) is 3. The van der Waals surface area contributed by atoms with E-state index in [4.69, 9.17) is 0 Å². The lowest BCUT2D eigenvalue weighted by Gasteiger charge is -2.18. The number of rotatable bonds is 8. The number of sulfonamides is 1. The maximum absolute atomic E-state index is 12.5. The molecule has 1 saturated carbocycles. The van der Waals surface area contributed by atoms with Gasteiger partial charge in [0.15, 0.2) is 0 Å². The summed E-state index contributed by atoms with van der Waals surface area (Å²) < 4.78 is 27.1. The normalized spacial score (nSPS) is 16.1. The maximum atomic E-state index is 12.5. The maximum Gasteiger partial charge on any atom is 0.321 e. The summed E-state index contributed by atoms with van der Waals surface area (Å²) >= 11 is 0. The molecule has 0 unspecified atom stereocenters. The molecule has 2 aromatic carbocycles. The molecule has 9 heteroatoms. The van der Waals surface area contributed by atoms with Crippen LogP contribution in [0.15, 0.2) is 53.4 Å². The molecule has 0 aromatic heterocycles. The molecule has 2 fully saturated rings. The van der Waals surface area contributed by atoms with Gasteiger partial charge in [-0.25, -0.2) is 17.9 Å². The first kappa shape index (κ1) is 22.3. The van der Waals surface area contributed by atoms with Crippen molar-refractivity contribution in [3.8, 4) is 0 Å². The Morgan fingerprint density at radius 3 is 2.16 bits per heavy atom. The van der Waals surface area contributed by atoms with E-state index in [-0.39, 0.29) is 29.3 Å². The van der Waals surface area contributed by atoms with Gasteiger partial charge in [0, 0.05) is 25.6 Å². The second-order valence-corrected chi connectivity index (χ2v) is 9.97. The van der Waals surface area contributed by atoms with Crippen LogP contribution in [-0.2, 0) is 21.2 Å². The fraction of sp³-hybridized carbons (Fsp3) is 0.391. The summed E-state index contributed by atoms with van der Waals surface area (Å²) in [6.07, 6.45) is 4.51. The minimum absolute atomic E-state index is 0.0615. The summed E-state index contributed by atoms with van der Waals surface area (Å²) in [6, 6.07) is 13.6. The van der Waals surface area contributed by atoms with Crippen LogP contribution in [0.1, 0.15) is 37.7 Å². The summed E-state index contributed by atoms with van der Waals surface area (Å²) in [5.41, 5.74) is 1.99. The van der Waals surface area contributed by atoms with Crippen LogP contribution < -0.4 is 15.4 Å². The van der Waals surface area contributed by atoms with E-state index in [0.717, 1.165) is 44.3 Å². The molecule has 4 rings (SSSR count). The van der Waals surface area contributed by atoms with E-state index >= 15 is 0 Å². The van der Waals surface area contributed by atoms with Gasteiger partial charge in [-0.15, -0.1) is 0 Å². The molecule has 0 bridgehead atoms. The Morgan fingerprint density at radius 2 is 1.53 bits per heavy atom. The molecule has 3 amide bonds. The highest BCUT2D eigenvalue weighted by Gasteiger charge is 2.27. The van der Waals surface area contributed by atoms with E-state index in [9.17, 15) is 18.0 Å². The molecule has 2 aromatic rings. The number of carbonyl (C=O) groups is 2. The van der Waals surface area contributed by atoms with Crippen molar-refractivity contribution in [2.45, 2.75) is 49.5 Å². The van der Waals surface area contributed by atoms with Gasteiger partial charge < -0.3 is 15.5 Å². The molecule has 0 spiro atoms. The first-order chi connectivity index (χ1) is 15.4. The molecule has 1 aliphatic heterocycles. The molecule has 1 aliphatic carbocycles. The fourth-order valence-electron chi connectivity index (χ4n) is 3.61. The average molecular weight is 457 g/mol. The predicted octanol–water partition coefficient (Wildman–Crippen LogP) is 3.33. The third kappa shape index (κ3) is 5.86. The van der Waals surface area contributed by atoms with Gasteiger partial charge in [-0.05, 0) is 61.9 Å². The van der Waals surface area contributed by atoms with Crippen molar-refractivity contribution in [2.24, 2.45) is 0 Å². The van der Waals surface area contributed by atoms with Gasteiger partial charge in [0.05, 0.1) is 16.3 Å². The van der Waals surface area contributed by atoms with Crippen LogP contribution in [0.5, 0.6) is 0 Å². The Morgan fingerprint density at radius 1 is 0.906 bits per heavy atom. The highest BCUT2D eigenvalue weighted by Crippen LogP contribution is 2.24. The third-order valence-corrected chi connectivity index (χ3v) is 7.15. The molecular weight excluding hydrogens is 428 g/mol. The first-order valence-electron chi connectivity index (χ1n) is 11.0. The zero-order valence-corrected chi connectivity index (χ0v) is 18.7. The molecule has 8 nitrogen and oxygen atoms in total. The number of para-hydroxylation sites is 2. The van der Waals surface area contributed by atoms with Crippen molar-refractivity contribution in [2.75, 3.05) is 23.7 Å². The van der Waals surface area contributed by atoms with Crippen molar-refractivity contribution >= 4 is 33.3 Å². The molecule has 0 radical (unpaired) electrons. The number of likely N-dealkylation sites (tertiary alicyclic amines) is 1. The number of urea groups is 1. The topological polar surface area (TPSA) is 108 Å². The van der Waals surface area contributed by atoms with E-state index in [1.165, 1.54) is 0 Å². The van der Waals surface area contributed by atoms with Gasteiger partial charge in [-0.1, -0.05) is 24.3 Å². The number of amides is 3. The van der Waals surface area contributed by atoms with Crippen LogP contribution in [0.4, 0.5) is 16.2 Å². The van der Waals surface area contributed by atoms with Crippen molar-refractivity contribution < 1.29 is 18.0 Å². The van der Waals surface area contributed by atoms with E-state index in [0.29, 0.717) is 17.8 Å². The molecule has 2 aliphatic rings. The fourth-order valence-corrected chi connectivity index (χ4v) is 4.92. The largest absolute Gasteiger partial charge is 0.325 e. The minimum atomic E-state index is -3.47. The number of anilines is 2. The quantitative estimate of drug-likeness (QED) is 0.566. The van der Waals surface area contributed by atoms with Gasteiger partial charge in [0.2, 0.25) is 15.9 Å². The first-order valence-corrected chi connectivity index (χ1v) is 12.5. The number of hydrogen-bond donors (Lipinski definition) is 3. The molecule has 1 saturated heterocycles. The Labute approximate surface area is 188 Å². The third-order valence-electron chi connectivity index (χ3n) is 5.61. The van der Waals surface area contributed by atoms with Gasteiger partial charge in [-0.3, -0.25) is 4.79 Å². The lowest BCUT2D eigenvalue weighted by atomic mass is 10.1. The van der Waals surface area contributed by atoms with Crippen molar-refractivity contribution in [1.29, 1.82) is 0 Å². The summed E-state index contributed by atoms with van der Waals surface area (Å²) in [4.78, 5) is 26.9. The zero-order chi connectivity index (χ0) is 22.6. The van der Waals surface area contributed by atoms with Crippen LogP contribution in [0.3, 0.4) is 0 Å². The summed E-state index contributed by atoms with van der Waals surface area (Å²) in [6.45, 7) is 1.49. The Balaban J connectivity index is 1.31. The van der Waals surface area contributed by atoms with Gasteiger partial charge in [0.25, 0.3) is 0 Å². The Hall–Kier alpha value is -2.91. The standard InChI is InChI=1S/C23H28N4O4S/c28-22(14-9-17-7-12-19(13-8-17)32(30,31)26-18-10-11-18)24-20-5-1-2-6-21(20)25-23(29)27-15-3-4-16-27/h1-2,5-8,12-13,18,26H,3-4,9-11,14-16H2,(H,24,28)(H,25,29). The van der Waals surface area contributed by atoms with E-state index < -0.39 is 10.0 Å². The molecule has 0 atom stereocenters. The number of nitrogens with zero attached hydrogens (tertiary/aromatic N) is 1. The SMILES string of the molecule is O=C(CCc1ccc(S(=O)(=O)NC2CC2)cc1)Nc1ccccc1NC(=O)N1CCCC1.